The smallest absolute Gasteiger partial charge is 0.309 e. The number of carbonyl (C=O) groups is 2. The molecule has 1 aromatic carbocycles. The topological polar surface area (TPSA) is 67.4 Å². The van der Waals surface area contributed by atoms with Crippen molar-refractivity contribution in [2.24, 2.45) is 17.3 Å². The number of para-hydroxylation sites is 1. The first-order chi connectivity index (χ1) is 11.0. The molecule has 3 fully saturated rings. The molecule has 5 nitrogen and oxygen atoms in total. The van der Waals surface area contributed by atoms with Gasteiger partial charge in [0.1, 0.15) is 5.66 Å². The molecule has 1 amide bonds. The van der Waals surface area contributed by atoms with Gasteiger partial charge in [0.05, 0.1) is 18.6 Å². The first kappa shape index (κ1) is 14.5. The third kappa shape index (κ3) is 1.98. The lowest BCUT2D eigenvalue weighted by atomic mass is 9.51. The minimum atomic E-state index is -0.442. The van der Waals surface area contributed by atoms with E-state index in [4.69, 9.17) is 4.74 Å². The van der Waals surface area contributed by atoms with Crippen molar-refractivity contribution >= 4 is 17.6 Å². The number of ether oxygens (including phenoxy) is 1. The lowest BCUT2D eigenvalue weighted by Gasteiger charge is -2.60. The third-order valence-corrected chi connectivity index (χ3v) is 6.16. The van der Waals surface area contributed by atoms with E-state index in [2.05, 4.69) is 17.6 Å². The van der Waals surface area contributed by atoms with Crippen molar-refractivity contribution in [2.45, 2.75) is 38.3 Å². The molecule has 3 aliphatic carbocycles. The maximum Gasteiger partial charge on any atom is 0.309 e. The number of hydrogen-bond donors (Lipinski definition) is 2. The maximum absolute atomic E-state index is 12.6. The summed E-state index contributed by atoms with van der Waals surface area (Å²) in [5, 5.41) is 6.81. The van der Waals surface area contributed by atoms with Crippen LogP contribution in [0.5, 0.6) is 0 Å². The summed E-state index contributed by atoms with van der Waals surface area (Å²) in [6.45, 7) is 2.15. The molecule has 5 heteroatoms. The van der Waals surface area contributed by atoms with E-state index in [1.54, 1.807) is 0 Å². The van der Waals surface area contributed by atoms with Gasteiger partial charge in [0.15, 0.2) is 0 Å². The third-order valence-electron chi connectivity index (χ3n) is 6.16. The monoisotopic (exact) mass is 314 g/mol. The van der Waals surface area contributed by atoms with E-state index in [9.17, 15) is 9.59 Å². The number of amides is 1. The van der Waals surface area contributed by atoms with E-state index in [1.165, 1.54) is 7.11 Å². The number of rotatable bonds is 1. The molecule has 0 aromatic heterocycles. The van der Waals surface area contributed by atoms with Crippen LogP contribution in [0, 0.1) is 17.3 Å². The van der Waals surface area contributed by atoms with Gasteiger partial charge in [0, 0.05) is 11.6 Å². The van der Waals surface area contributed by atoms with Gasteiger partial charge in [-0.05, 0) is 43.2 Å². The number of nitrogens with one attached hydrogen (secondary N) is 2. The Kier molecular flexibility index (Phi) is 2.99. The Labute approximate surface area is 135 Å². The predicted molar refractivity (Wildman–Crippen MR) is 85.8 cm³/mol. The molecular formula is C18H22N2O3. The van der Waals surface area contributed by atoms with Gasteiger partial charge in [-0.15, -0.1) is 0 Å². The number of esters is 1. The van der Waals surface area contributed by atoms with E-state index < -0.39 is 5.66 Å². The summed E-state index contributed by atoms with van der Waals surface area (Å²) in [6, 6.07) is 7.61. The van der Waals surface area contributed by atoms with Gasteiger partial charge >= 0.3 is 5.97 Å². The minimum absolute atomic E-state index is 0.0230. The lowest BCUT2D eigenvalue weighted by molar-refractivity contribution is -0.160. The molecule has 1 heterocycles. The van der Waals surface area contributed by atoms with Crippen LogP contribution >= 0.6 is 0 Å². The molecule has 1 aromatic rings. The SMILES string of the molecule is COC(=O)[C@@H]1C[C@H]2CC[C@@]1(C)C[C@]21NC(=O)c2ccccc2N1. The normalized spacial score (nSPS) is 37.7. The second kappa shape index (κ2) is 4.73. The van der Waals surface area contributed by atoms with Crippen molar-refractivity contribution in [3.63, 3.8) is 0 Å². The molecule has 2 N–H and O–H groups in total. The minimum Gasteiger partial charge on any atom is -0.469 e. The highest BCUT2D eigenvalue weighted by molar-refractivity contribution is 6.02. The van der Waals surface area contributed by atoms with Crippen molar-refractivity contribution in [3.05, 3.63) is 29.8 Å². The molecule has 0 saturated heterocycles. The summed E-state index contributed by atoms with van der Waals surface area (Å²) < 4.78 is 5.01. The number of hydrogen-bond acceptors (Lipinski definition) is 4. The van der Waals surface area contributed by atoms with Crippen molar-refractivity contribution in [3.8, 4) is 0 Å². The quantitative estimate of drug-likeness (QED) is 0.782. The van der Waals surface area contributed by atoms with E-state index in [0.717, 1.165) is 31.4 Å². The summed E-state index contributed by atoms with van der Waals surface area (Å²) in [7, 11) is 1.46. The second-order valence-electron chi connectivity index (χ2n) is 7.47. The molecule has 122 valence electrons. The number of methoxy groups -OCH3 is 1. The molecule has 1 aliphatic heterocycles. The summed E-state index contributed by atoms with van der Waals surface area (Å²) in [6.07, 6.45) is 3.53. The summed E-state index contributed by atoms with van der Waals surface area (Å²) >= 11 is 0. The van der Waals surface area contributed by atoms with Gasteiger partial charge < -0.3 is 15.4 Å². The van der Waals surface area contributed by atoms with E-state index in [0.29, 0.717) is 5.56 Å². The predicted octanol–water partition coefficient (Wildman–Crippen LogP) is 2.54. The highest BCUT2D eigenvalue weighted by Crippen LogP contribution is 2.58. The molecule has 5 rings (SSSR count). The Hall–Kier alpha value is -2.04. The fourth-order valence-electron chi connectivity index (χ4n) is 4.95. The lowest BCUT2D eigenvalue weighted by Crippen LogP contribution is -2.69. The fourth-order valence-corrected chi connectivity index (χ4v) is 4.95. The number of benzene rings is 1. The summed E-state index contributed by atoms with van der Waals surface area (Å²) in [5.41, 5.74) is 0.994. The van der Waals surface area contributed by atoms with Crippen LogP contribution in [0.25, 0.3) is 0 Å². The van der Waals surface area contributed by atoms with Crippen molar-refractivity contribution in [2.75, 3.05) is 12.4 Å². The van der Waals surface area contributed by atoms with Crippen molar-refractivity contribution < 1.29 is 14.3 Å². The molecule has 0 unspecified atom stereocenters. The Morgan fingerprint density at radius 3 is 2.83 bits per heavy atom. The van der Waals surface area contributed by atoms with Crippen LogP contribution in [0.3, 0.4) is 0 Å². The first-order valence-electron chi connectivity index (χ1n) is 8.25. The average molecular weight is 314 g/mol. The van der Waals surface area contributed by atoms with Crippen LogP contribution in [0.2, 0.25) is 0 Å². The Morgan fingerprint density at radius 1 is 1.30 bits per heavy atom. The summed E-state index contributed by atoms with van der Waals surface area (Å²) in [4.78, 5) is 24.7. The van der Waals surface area contributed by atoms with Crippen LogP contribution in [0.1, 0.15) is 43.0 Å². The molecule has 0 radical (unpaired) electrons. The zero-order valence-electron chi connectivity index (χ0n) is 13.5. The van der Waals surface area contributed by atoms with Gasteiger partial charge in [-0.1, -0.05) is 19.1 Å². The molecule has 4 aliphatic rings. The Bertz CT molecular complexity index is 689. The van der Waals surface area contributed by atoms with Gasteiger partial charge in [-0.2, -0.15) is 0 Å². The zero-order valence-corrected chi connectivity index (χ0v) is 13.5. The number of anilines is 1. The largest absolute Gasteiger partial charge is 0.469 e. The summed E-state index contributed by atoms with van der Waals surface area (Å²) in [5.74, 6) is 0.0261. The number of carbonyl (C=O) groups excluding carboxylic acids is 2. The van der Waals surface area contributed by atoms with Crippen molar-refractivity contribution in [1.82, 2.24) is 5.32 Å². The first-order valence-corrected chi connectivity index (χ1v) is 8.25. The van der Waals surface area contributed by atoms with E-state index >= 15 is 0 Å². The maximum atomic E-state index is 12.6. The average Bonchev–Trinajstić information content (AvgIpc) is 2.53. The van der Waals surface area contributed by atoms with Crippen LogP contribution in [0.4, 0.5) is 5.69 Å². The van der Waals surface area contributed by atoms with E-state index in [1.807, 2.05) is 24.3 Å². The standard InChI is InChI=1S/C18H22N2O3/c1-17-8-7-11(9-13(17)16(22)23-2)18(10-17)19-14-6-4-3-5-12(14)15(21)20-18/h3-6,11,13,19H,7-10H2,1-2H3,(H,20,21)/t11-,13+,17+,18+/m1/s1. The van der Waals surface area contributed by atoms with Crippen LogP contribution in [-0.2, 0) is 9.53 Å². The fraction of sp³-hybridized carbons (Fsp3) is 0.556. The molecule has 23 heavy (non-hydrogen) atoms. The Morgan fingerprint density at radius 2 is 2.09 bits per heavy atom. The second-order valence-corrected chi connectivity index (χ2v) is 7.47. The zero-order chi connectivity index (χ0) is 16.2. The van der Waals surface area contributed by atoms with Gasteiger partial charge in [0.2, 0.25) is 0 Å². The van der Waals surface area contributed by atoms with Crippen LogP contribution in [0.15, 0.2) is 24.3 Å². The highest BCUT2D eigenvalue weighted by Gasteiger charge is 2.60. The molecule has 3 saturated carbocycles. The molecule has 2 bridgehead atoms. The van der Waals surface area contributed by atoms with Crippen molar-refractivity contribution in [1.29, 1.82) is 0 Å². The van der Waals surface area contributed by atoms with Crippen LogP contribution in [-0.4, -0.2) is 24.6 Å². The van der Waals surface area contributed by atoms with Gasteiger partial charge in [-0.25, -0.2) is 0 Å². The Balaban J connectivity index is 1.70. The van der Waals surface area contributed by atoms with Gasteiger partial charge in [0.25, 0.3) is 5.91 Å². The highest BCUT2D eigenvalue weighted by atomic mass is 16.5. The number of fused-ring (bicyclic) bond motifs is 3. The molecular weight excluding hydrogens is 292 g/mol. The van der Waals surface area contributed by atoms with E-state index in [-0.39, 0.29) is 29.1 Å². The molecule has 4 atom stereocenters. The van der Waals surface area contributed by atoms with Gasteiger partial charge in [-0.3, -0.25) is 9.59 Å². The molecule has 1 spiro atoms. The van der Waals surface area contributed by atoms with Crippen LogP contribution < -0.4 is 10.6 Å².